The predicted octanol–water partition coefficient (Wildman–Crippen LogP) is 1.32. The summed E-state index contributed by atoms with van der Waals surface area (Å²) < 4.78 is 1.75. The fourth-order valence-electron chi connectivity index (χ4n) is 2.95. The summed E-state index contributed by atoms with van der Waals surface area (Å²) in [6.45, 7) is 3.57. The SMILES string of the molecule is CCc1ccc(NC(=O)C(=O)N[C@@H]2CCN(c3cnn(C)c3)C2)cc1. The van der Waals surface area contributed by atoms with Gasteiger partial charge in [-0.05, 0) is 30.5 Å². The Kier molecular flexibility index (Phi) is 5.02. The molecule has 0 saturated carbocycles. The molecule has 7 nitrogen and oxygen atoms in total. The van der Waals surface area contributed by atoms with E-state index in [2.05, 4.69) is 27.6 Å². The lowest BCUT2D eigenvalue weighted by Crippen LogP contribution is -2.43. The lowest BCUT2D eigenvalue weighted by Gasteiger charge is -2.16. The average molecular weight is 341 g/mol. The molecule has 1 saturated heterocycles. The van der Waals surface area contributed by atoms with Crippen LogP contribution < -0.4 is 15.5 Å². The van der Waals surface area contributed by atoms with Crippen molar-refractivity contribution in [2.75, 3.05) is 23.3 Å². The minimum Gasteiger partial charge on any atom is -0.367 e. The van der Waals surface area contributed by atoms with Crippen molar-refractivity contribution in [3.63, 3.8) is 0 Å². The van der Waals surface area contributed by atoms with Gasteiger partial charge in [0, 0.05) is 38.1 Å². The van der Waals surface area contributed by atoms with Crippen LogP contribution in [-0.4, -0.2) is 40.7 Å². The van der Waals surface area contributed by atoms with Gasteiger partial charge in [0.2, 0.25) is 0 Å². The zero-order valence-electron chi connectivity index (χ0n) is 14.5. The number of hydrogen-bond donors (Lipinski definition) is 2. The second kappa shape index (κ2) is 7.38. The summed E-state index contributed by atoms with van der Waals surface area (Å²) in [5.41, 5.74) is 2.84. The maximum absolute atomic E-state index is 12.1. The fourth-order valence-corrected chi connectivity index (χ4v) is 2.95. The van der Waals surface area contributed by atoms with Gasteiger partial charge in [0.05, 0.1) is 11.9 Å². The molecule has 0 aliphatic carbocycles. The molecular formula is C18H23N5O2. The van der Waals surface area contributed by atoms with Gasteiger partial charge in [-0.1, -0.05) is 19.1 Å². The highest BCUT2D eigenvalue weighted by Gasteiger charge is 2.26. The number of hydrogen-bond acceptors (Lipinski definition) is 4. The molecule has 1 aromatic heterocycles. The van der Waals surface area contributed by atoms with Crippen molar-refractivity contribution in [1.29, 1.82) is 0 Å². The van der Waals surface area contributed by atoms with Crippen LogP contribution in [-0.2, 0) is 23.1 Å². The number of rotatable bonds is 4. The summed E-state index contributed by atoms with van der Waals surface area (Å²) in [7, 11) is 1.87. The van der Waals surface area contributed by atoms with E-state index in [0.29, 0.717) is 12.2 Å². The number of amides is 2. The Morgan fingerprint density at radius 1 is 1.24 bits per heavy atom. The largest absolute Gasteiger partial charge is 0.367 e. The number of anilines is 2. The monoisotopic (exact) mass is 341 g/mol. The van der Waals surface area contributed by atoms with E-state index < -0.39 is 11.8 Å². The third-order valence-corrected chi connectivity index (χ3v) is 4.41. The molecule has 2 N–H and O–H groups in total. The summed E-state index contributed by atoms with van der Waals surface area (Å²) in [4.78, 5) is 26.3. The van der Waals surface area contributed by atoms with E-state index in [1.165, 1.54) is 5.56 Å². The molecule has 2 aromatic rings. The minimum absolute atomic E-state index is 0.0408. The normalized spacial score (nSPS) is 16.7. The number of carbonyl (C=O) groups excluding carboxylic acids is 2. The van der Waals surface area contributed by atoms with Crippen molar-refractivity contribution in [3.8, 4) is 0 Å². The van der Waals surface area contributed by atoms with Gasteiger partial charge in [-0.15, -0.1) is 0 Å². The Morgan fingerprint density at radius 2 is 2.00 bits per heavy atom. The van der Waals surface area contributed by atoms with Gasteiger partial charge in [0.25, 0.3) is 0 Å². The zero-order chi connectivity index (χ0) is 17.8. The lowest BCUT2D eigenvalue weighted by atomic mass is 10.1. The van der Waals surface area contributed by atoms with Crippen molar-refractivity contribution >= 4 is 23.2 Å². The topological polar surface area (TPSA) is 79.3 Å². The van der Waals surface area contributed by atoms with E-state index in [9.17, 15) is 9.59 Å². The van der Waals surface area contributed by atoms with Crippen LogP contribution in [0.2, 0.25) is 0 Å². The van der Waals surface area contributed by atoms with Crippen LogP contribution in [0.4, 0.5) is 11.4 Å². The molecule has 0 unspecified atom stereocenters. The standard InChI is InChI=1S/C18H23N5O2/c1-3-13-4-6-14(7-5-13)20-17(24)18(25)21-15-8-9-23(11-15)16-10-19-22(2)12-16/h4-7,10,12,15H,3,8-9,11H2,1-2H3,(H,20,24)(H,21,25)/t15-/m1/s1. The van der Waals surface area contributed by atoms with E-state index in [1.54, 1.807) is 10.9 Å². The molecule has 2 heterocycles. The average Bonchev–Trinajstić information content (AvgIpc) is 3.24. The highest BCUT2D eigenvalue weighted by Crippen LogP contribution is 2.19. The Balaban J connectivity index is 1.50. The summed E-state index contributed by atoms with van der Waals surface area (Å²) in [5.74, 6) is -1.23. The first kappa shape index (κ1) is 17.0. The van der Waals surface area contributed by atoms with Gasteiger partial charge < -0.3 is 15.5 Å². The molecule has 1 aliphatic rings. The summed E-state index contributed by atoms with van der Waals surface area (Å²) in [5, 5.41) is 9.60. The number of carbonyl (C=O) groups is 2. The summed E-state index contributed by atoms with van der Waals surface area (Å²) in [6.07, 6.45) is 5.48. The van der Waals surface area contributed by atoms with Crippen molar-refractivity contribution < 1.29 is 9.59 Å². The first-order valence-corrected chi connectivity index (χ1v) is 8.49. The van der Waals surface area contributed by atoms with Gasteiger partial charge in [0.1, 0.15) is 0 Å². The third-order valence-electron chi connectivity index (χ3n) is 4.41. The second-order valence-corrected chi connectivity index (χ2v) is 6.28. The maximum atomic E-state index is 12.1. The summed E-state index contributed by atoms with van der Waals surface area (Å²) >= 11 is 0. The van der Waals surface area contributed by atoms with Crippen molar-refractivity contribution in [3.05, 3.63) is 42.2 Å². The Morgan fingerprint density at radius 3 is 2.64 bits per heavy atom. The quantitative estimate of drug-likeness (QED) is 0.822. The molecule has 1 aromatic carbocycles. The van der Waals surface area contributed by atoms with Crippen molar-refractivity contribution in [1.82, 2.24) is 15.1 Å². The zero-order valence-corrected chi connectivity index (χ0v) is 14.5. The van der Waals surface area contributed by atoms with Gasteiger partial charge >= 0.3 is 11.8 Å². The van der Waals surface area contributed by atoms with Crippen LogP contribution in [0.25, 0.3) is 0 Å². The number of nitrogens with zero attached hydrogens (tertiary/aromatic N) is 3. The molecule has 1 aliphatic heterocycles. The Labute approximate surface area is 147 Å². The smallest absolute Gasteiger partial charge is 0.313 e. The van der Waals surface area contributed by atoms with Crippen molar-refractivity contribution in [2.24, 2.45) is 7.05 Å². The highest BCUT2D eigenvalue weighted by atomic mass is 16.2. The first-order valence-electron chi connectivity index (χ1n) is 8.49. The molecule has 0 spiro atoms. The van der Waals surface area contributed by atoms with E-state index in [4.69, 9.17) is 0 Å². The molecule has 0 radical (unpaired) electrons. The molecule has 2 amide bonds. The molecule has 132 valence electrons. The Bertz CT molecular complexity index is 753. The minimum atomic E-state index is -0.635. The summed E-state index contributed by atoms with van der Waals surface area (Å²) in [6, 6.07) is 7.46. The van der Waals surface area contributed by atoms with Crippen LogP contribution >= 0.6 is 0 Å². The number of aromatic nitrogens is 2. The molecule has 25 heavy (non-hydrogen) atoms. The van der Waals surface area contributed by atoms with Crippen LogP contribution in [0, 0.1) is 0 Å². The Hall–Kier alpha value is -2.83. The molecular weight excluding hydrogens is 318 g/mol. The van der Waals surface area contributed by atoms with E-state index in [0.717, 1.165) is 25.1 Å². The van der Waals surface area contributed by atoms with Crippen LogP contribution in [0.15, 0.2) is 36.7 Å². The molecule has 1 atom stereocenters. The second-order valence-electron chi connectivity index (χ2n) is 6.28. The van der Waals surface area contributed by atoms with Gasteiger partial charge in [-0.25, -0.2) is 0 Å². The molecule has 7 heteroatoms. The number of aryl methyl sites for hydroxylation is 2. The van der Waals surface area contributed by atoms with Gasteiger partial charge in [-0.3, -0.25) is 14.3 Å². The van der Waals surface area contributed by atoms with Gasteiger partial charge in [-0.2, -0.15) is 5.10 Å². The van der Waals surface area contributed by atoms with Gasteiger partial charge in [0.15, 0.2) is 0 Å². The lowest BCUT2D eigenvalue weighted by molar-refractivity contribution is -0.136. The molecule has 1 fully saturated rings. The molecule has 3 rings (SSSR count). The highest BCUT2D eigenvalue weighted by molar-refractivity contribution is 6.39. The van der Waals surface area contributed by atoms with Crippen LogP contribution in [0.5, 0.6) is 0 Å². The fraction of sp³-hybridized carbons (Fsp3) is 0.389. The van der Waals surface area contributed by atoms with Crippen molar-refractivity contribution in [2.45, 2.75) is 25.8 Å². The number of nitrogens with one attached hydrogen (secondary N) is 2. The van der Waals surface area contributed by atoms with E-state index in [-0.39, 0.29) is 6.04 Å². The molecule has 0 bridgehead atoms. The maximum Gasteiger partial charge on any atom is 0.313 e. The van der Waals surface area contributed by atoms with E-state index >= 15 is 0 Å². The van der Waals surface area contributed by atoms with Crippen LogP contribution in [0.1, 0.15) is 18.9 Å². The third kappa shape index (κ3) is 4.17. The first-order chi connectivity index (χ1) is 12.0. The predicted molar refractivity (Wildman–Crippen MR) is 96.4 cm³/mol. The van der Waals surface area contributed by atoms with E-state index in [1.807, 2.05) is 37.5 Å². The number of benzene rings is 1. The van der Waals surface area contributed by atoms with Crippen LogP contribution in [0.3, 0.4) is 0 Å².